The number of fused-ring (bicyclic) bond motifs is 1. The van der Waals surface area contributed by atoms with Gasteiger partial charge in [0, 0.05) is 12.1 Å². The molecule has 0 aromatic carbocycles. The van der Waals surface area contributed by atoms with Crippen molar-refractivity contribution in [2.75, 3.05) is 7.11 Å². The quantitative estimate of drug-likeness (QED) is 0.848. The SMILES string of the molecule is COC(=O)CC(CC(C)C)c1c(O)nc2ccc(Cl)cn2c1=O. The Balaban J connectivity index is 2.61. The summed E-state index contributed by atoms with van der Waals surface area (Å²) < 4.78 is 5.98. The van der Waals surface area contributed by atoms with Crippen LogP contribution in [0.3, 0.4) is 0 Å². The molecule has 6 nitrogen and oxygen atoms in total. The van der Waals surface area contributed by atoms with Gasteiger partial charge >= 0.3 is 5.97 Å². The molecule has 0 radical (unpaired) electrons. The lowest BCUT2D eigenvalue weighted by Crippen LogP contribution is -2.24. The first-order valence-electron chi connectivity index (χ1n) is 7.31. The highest BCUT2D eigenvalue weighted by Crippen LogP contribution is 2.30. The van der Waals surface area contributed by atoms with Crippen LogP contribution in [0.2, 0.25) is 5.02 Å². The molecule has 1 unspecified atom stereocenters. The normalized spacial score (nSPS) is 12.6. The van der Waals surface area contributed by atoms with Crippen molar-refractivity contribution in [1.29, 1.82) is 0 Å². The molecule has 1 N–H and O–H groups in total. The number of halogens is 1. The van der Waals surface area contributed by atoms with Gasteiger partial charge in [-0.2, -0.15) is 4.98 Å². The molecule has 0 saturated carbocycles. The lowest BCUT2D eigenvalue weighted by Gasteiger charge is -2.19. The number of methoxy groups -OCH3 is 1. The summed E-state index contributed by atoms with van der Waals surface area (Å²) in [5.74, 6) is -1.04. The monoisotopic (exact) mass is 338 g/mol. The Morgan fingerprint density at radius 2 is 2.13 bits per heavy atom. The van der Waals surface area contributed by atoms with Crippen molar-refractivity contribution in [2.24, 2.45) is 5.92 Å². The predicted octanol–water partition coefficient (Wildman–Crippen LogP) is 2.75. The van der Waals surface area contributed by atoms with Crippen LogP contribution in [-0.2, 0) is 9.53 Å². The van der Waals surface area contributed by atoms with Gasteiger partial charge in [0.05, 0.1) is 24.1 Å². The first-order chi connectivity index (χ1) is 10.8. The smallest absolute Gasteiger partial charge is 0.306 e. The number of pyridine rings is 1. The van der Waals surface area contributed by atoms with Gasteiger partial charge in [-0.25, -0.2) is 0 Å². The van der Waals surface area contributed by atoms with Crippen LogP contribution in [0, 0.1) is 5.92 Å². The number of aromatic hydroxyl groups is 1. The number of aromatic nitrogens is 2. The fourth-order valence-electron chi connectivity index (χ4n) is 2.63. The van der Waals surface area contributed by atoms with E-state index in [1.807, 2.05) is 13.8 Å². The van der Waals surface area contributed by atoms with Gasteiger partial charge in [-0.1, -0.05) is 25.4 Å². The second-order valence-corrected chi connectivity index (χ2v) is 6.27. The fourth-order valence-corrected chi connectivity index (χ4v) is 2.79. The predicted molar refractivity (Wildman–Crippen MR) is 87.0 cm³/mol. The molecular weight excluding hydrogens is 320 g/mol. The van der Waals surface area contributed by atoms with E-state index in [2.05, 4.69) is 4.98 Å². The minimum atomic E-state index is -0.474. The highest BCUT2D eigenvalue weighted by molar-refractivity contribution is 6.30. The van der Waals surface area contributed by atoms with Crippen LogP contribution in [0.25, 0.3) is 5.65 Å². The van der Waals surface area contributed by atoms with Gasteiger partial charge in [0.25, 0.3) is 5.56 Å². The molecule has 2 aromatic heterocycles. The average Bonchev–Trinajstić information content (AvgIpc) is 2.47. The van der Waals surface area contributed by atoms with Gasteiger partial charge in [0.15, 0.2) is 0 Å². The molecule has 0 saturated heterocycles. The summed E-state index contributed by atoms with van der Waals surface area (Å²) in [5.41, 5.74) is -0.0181. The lowest BCUT2D eigenvalue weighted by molar-refractivity contribution is -0.141. The topological polar surface area (TPSA) is 80.9 Å². The number of carbonyl (C=O) groups excluding carboxylic acids is 1. The van der Waals surface area contributed by atoms with E-state index in [0.717, 1.165) is 0 Å². The van der Waals surface area contributed by atoms with Crippen LogP contribution in [0.1, 0.15) is 38.2 Å². The highest BCUT2D eigenvalue weighted by atomic mass is 35.5. The first kappa shape index (κ1) is 17.3. The fraction of sp³-hybridized carbons (Fsp3) is 0.438. The van der Waals surface area contributed by atoms with E-state index in [4.69, 9.17) is 16.3 Å². The van der Waals surface area contributed by atoms with Gasteiger partial charge in [-0.15, -0.1) is 0 Å². The molecule has 1 atom stereocenters. The first-order valence-corrected chi connectivity index (χ1v) is 7.68. The van der Waals surface area contributed by atoms with E-state index < -0.39 is 17.4 Å². The number of esters is 1. The number of nitrogens with zero attached hydrogens (tertiary/aromatic N) is 2. The Bertz CT molecular complexity index is 785. The molecular formula is C16H19ClN2O4. The summed E-state index contributed by atoms with van der Waals surface area (Å²) in [7, 11) is 1.29. The Kier molecular flexibility index (Phi) is 5.26. The molecule has 23 heavy (non-hydrogen) atoms. The van der Waals surface area contributed by atoms with Gasteiger partial charge in [0.1, 0.15) is 5.65 Å². The van der Waals surface area contributed by atoms with Crippen molar-refractivity contribution in [3.05, 3.63) is 39.3 Å². The third kappa shape index (κ3) is 3.82. The number of ether oxygens (including phenoxy) is 1. The second-order valence-electron chi connectivity index (χ2n) is 5.84. The maximum atomic E-state index is 12.7. The van der Waals surface area contributed by atoms with Crippen molar-refractivity contribution in [1.82, 2.24) is 9.38 Å². The molecule has 2 aromatic rings. The highest BCUT2D eigenvalue weighted by Gasteiger charge is 2.26. The minimum absolute atomic E-state index is 0.00575. The van der Waals surface area contributed by atoms with Crippen LogP contribution in [0.4, 0.5) is 0 Å². The van der Waals surface area contributed by atoms with E-state index in [0.29, 0.717) is 17.1 Å². The molecule has 2 rings (SSSR count). The molecule has 124 valence electrons. The number of hydrogen-bond acceptors (Lipinski definition) is 5. The van der Waals surface area contributed by atoms with Gasteiger partial charge in [0.2, 0.25) is 5.88 Å². The summed E-state index contributed by atoms with van der Waals surface area (Å²) in [6.07, 6.45) is 2.00. The van der Waals surface area contributed by atoms with Crippen LogP contribution < -0.4 is 5.56 Å². The molecule has 0 spiro atoms. The molecule has 0 aliphatic carbocycles. The van der Waals surface area contributed by atoms with Crippen LogP contribution >= 0.6 is 11.6 Å². The average molecular weight is 339 g/mol. The van der Waals surface area contributed by atoms with Crippen LogP contribution in [0.5, 0.6) is 5.88 Å². The second kappa shape index (κ2) is 7.00. The Hall–Kier alpha value is -2.08. The molecule has 2 heterocycles. The third-order valence-electron chi connectivity index (χ3n) is 3.61. The molecule has 0 fully saturated rings. The van der Waals surface area contributed by atoms with Crippen molar-refractivity contribution < 1.29 is 14.6 Å². The van der Waals surface area contributed by atoms with Gasteiger partial charge in [-0.05, 0) is 24.5 Å². The largest absolute Gasteiger partial charge is 0.493 e. The maximum Gasteiger partial charge on any atom is 0.306 e. The number of rotatable bonds is 5. The summed E-state index contributed by atoms with van der Waals surface area (Å²) >= 11 is 5.93. The zero-order valence-electron chi connectivity index (χ0n) is 13.2. The van der Waals surface area contributed by atoms with Crippen molar-refractivity contribution >= 4 is 23.2 Å². The van der Waals surface area contributed by atoms with E-state index in [-0.39, 0.29) is 23.8 Å². The third-order valence-corrected chi connectivity index (χ3v) is 3.83. The van der Waals surface area contributed by atoms with E-state index in [9.17, 15) is 14.7 Å². The molecule has 0 amide bonds. The molecule has 0 aliphatic rings. The Morgan fingerprint density at radius 3 is 2.74 bits per heavy atom. The summed E-state index contributed by atoms with van der Waals surface area (Å²) in [6, 6.07) is 3.13. The summed E-state index contributed by atoms with van der Waals surface area (Å²) in [5, 5.41) is 10.6. The van der Waals surface area contributed by atoms with E-state index in [1.54, 1.807) is 12.1 Å². The number of carbonyl (C=O) groups is 1. The Labute approximate surface area is 138 Å². The minimum Gasteiger partial charge on any atom is -0.493 e. The number of hydrogen-bond donors (Lipinski definition) is 1. The molecule has 7 heteroatoms. The van der Waals surface area contributed by atoms with E-state index >= 15 is 0 Å². The van der Waals surface area contributed by atoms with Crippen LogP contribution in [0.15, 0.2) is 23.1 Å². The van der Waals surface area contributed by atoms with Gasteiger partial charge < -0.3 is 9.84 Å². The van der Waals surface area contributed by atoms with Crippen molar-refractivity contribution in [3.63, 3.8) is 0 Å². The molecule has 0 bridgehead atoms. The van der Waals surface area contributed by atoms with Crippen molar-refractivity contribution in [2.45, 2.75) is 32.6 Å². The van der Waals surface area contributed by atoms with Gasteiger partial charge in [-0.3, -0.25) is 14.0 Å². The van der Waals surface area contributed by atoms with Crippen LogP contribution in [-0.4, -0.2) is 27.6 Å². The zero-order valence-corrected chi connectivity index (χ0v) is 14.0. The lowest BCUT2D eigenvalue weighted by atomic mass is 9.88. The van der Waals surface area contributed by atoms with E-state index in [1.165, 1.54) is 17.7 Å². The molecule has 0 aliphatic heterocycles. The Morgan fingerprint density at radius 1 is 1.43 bits per heavy atom. The summed E-state index contributed by atoms with van der Waals surface area (Å²) in [4.78, 5) is 28.5. The zero-order chi connectivity index (χ0) is 17.1. The van der Waals surface area contributed by atoms with Crippen molar-refractivity contribution in [3.8, 4) is 5.88 Å². The summed E-state index contributed by atoms with van der Waals surface area (Å²) in [6.45, 7) is 3.95. The maximum absolute atomic E-state index is 12.7. The standard InChI is InChI=1S/C16H19ClN2O4/c1-9(2)6-10(7-13(20)23-3)14-15(21)18-12-5-4-11(17)8-19(12)16(14)22/h4-5,8-10,21H,6-7H2,1-3H3.